The van der Waals surface area contributed by atoms with E-state index in [9.17, 15) is 4.79 Å². The Bertz CT molecular complexity index is 475. The van der Waals surface area contributed by atoms with Crippen LogP contribution in [0.5, 0.6) is 0 Å². The van der Waals surface area contributed by atoms with Gasteiger partial charge < -0.3 is 66.4 Å². The fourth-order valence-electron chi connectivity index (χ4n) is 2.69. The summed E-state index contributed by atoms with van der Waals surface area (Å²) in [6.45, 7) is 12.3. The van der Waals surface area contributed by atoms with Gasteiger partial charge in [-0.05, 0) is 0 Å². The Balaban J connectivity index is 3.02. The fraction of sp³-hybridized carbons (Fsp3) is 0.963. The lowest BCUT2D eigenvalue weighted by atomic mass is 10.6. The molecule has 41 heavy (non-hydrogen) atoms. The second-order valence-electron chi connectivity index (χ2n) is 7.97. The number of hydrogen-bond acceptors (Lipinski definition) is 14. The van der Waals surface area contributed by atoms with E-state index < -0.39 is 0 Å². The van der Waals surface area contributed by atoms with Crippen molar-refractivity contribution in [1.82, 2.24) is 0 Å². The lowest BCUT2D eigenvalue weighted by Gasteiger charge is -2.09. The average Bonchev–Trinajstić information content (AvgIpc) is 2.98. The quantitative estimate of drug-likeness (QED) is 0.0694. The van der Waals surface area contributed by atoms with Crippen LogP contribution in [0.1, 0.15) is 0 Å². The molecule has 0 aromatic carbocycles. The predicted octanol–water partition coefficient (Wildman–Crippen LogP) is 0.0309. The first-order valence-corrected chi connectivity index (χ1v) is 14.3. The number of methoxy groups -OCH3 is 1. The minimum atomic E-state index is 0.0996. The first-order chi connectivity index (χ1) is 20.4. The Hall–Kier alpha value is -0.850. The molecule has 0 aliphatic carbocycles. The first kappa shape index (κ1) is 40.1. The number of hydrogen-bond donors (Lipinski definition) is 0. The third-order valence-electron chi connectivity index (χ3n) is 4.71. The molecule has 0 aromatic rings. The normalized spacial score (nSPS) is 11.4. The van der Waals surface area contributed by atoms with Crippen molar-refractivity contribution in [3.63, 3.8) is 0 Å². The van der Waals surface area contributed by atoms with Gasteiger partial charge in [0.1, 0.15) is 12.9 Å². The SMILES string of the molecule is COCCOCCOCCOCCOCCOCCOCCOCCOCCOCCOCCOCCOCC=O. The fourth-order valence-corrected chi connectivity index (χ4v) is 2.69. The molecule has 0 fully saturated rings. The number of rotatable bonds is 38. The molecule has 0 atom stereocenters. The molecule has 0 bridgehead atoms. The van der Waals surface area contributed by atoms with Gasteiger partial charge in [0.05, 0.1) is 159 Å². The number of aldehydes is 1. The highest BCUT2D eigenvalue weighted by atomic mass is 16.6. The van der Waals surface area contributed by atoms with E-state index >= 15 is 0 Å². The highest BCUT2D eigenvalue weighted by Crippen LogP contribution is 1.87. The summed E-state index contributed by atoms with van der Waals surface area (Å²) in [5, 5.41) is 0. The Morgan fingerprint density at radius 1 is 0.293 bits per heavy atom. The molecule has 14 heteroatoms. The van der Waals surface area contributed by atoms with Gasteiger partial charge in [-0.1, -0.05) is 0 Å². The Labute approximate surface area is 245 Å². The number of carbonyl (C=O) groups is 1. The van der Waals surface area contributed by atoms with Crippen molar-refractivity contribution in [3.05, 3.63) is 0 Å². The van der Waals surface area contributed by atoms with Gasteiger partial charge >= 0.3 is 0 Å². The number of ether oxygens (including phenoxy) is 13. The zero-order valence-electron chi connectivity index (χ0n) is 25.0. The van der Waals surface area contributed by atoms with Gasteiger partial charge in [-0.15, -0.1) is 0 Å². The zero-order valence-corrected chi connectivity index (χ0v) is 25.0. The van der Waals surface area contributed by atoms with Crippen LogP contribution < -0.4 is 0 Å². The van der Waals surface area contributed by atoms with Gasteiger partial charge in [0.15, 0.2) is 0 Å². The summed E-state index contributed by atoms with van der Waals surface area (Å²) in [7, 11) is 1.64. The van der Waals surface area contributed by atoms with Crippen LogP contribution in [0.15, 0.2) is 0 Å². The van der Waals surface area contributed by atoms with E-state index in [1.165, 1.54) is 0 Å². The van der Waals surface area contributed by atoms with Crippen molar-refractivity contribution in [2.24, 2.45) is 0 Å². The van der Waals surface area contributed by atoms with Crippen LogP contribution in [0.3, 0.4) is 0 Å². The molecule has 0 rings (SSSR count). The summed E-state index contributed by atoms with van der Waals surface area (Å²) < 4.78 is 69.3. The maximum atomic E-state index is 10.1. The van der Waals surface area contributed by atoms with Crippen molar-refractivity contribution in [3.8, 4) is 0 Å². The van der Waals surface area contributed by atoms with Crippen LogP contribution in [0.2, 0.25) is 0 Å². The Morgan fingerprint density at radius 3 is 0.634 bits per heavy atom. The molecule has 0 aliphatic heterocycles. The smallest absolute Gasteiger partial charge is 0.145 e. The molecule has 0 unspecified atom stereocenters. The highest BCUT2D eigenvalue weighted by Gasteiger charge is 1.96. The molecule has 0 saturated carbocycles. The van der Waals surface area contributed by atoms with Crippen molar-refractivity contribution >= 4 is 6.29 Å². The summed E-state index contributed by atoms with van der Waals surface area (Å²) >= 11 is 0. The first-order valence-electron chi connectivity index (χ1n) is 14.3. The molecular formula is C27H54O14. The maximum absolute atomic E-state index is 10.1. The molecular weight excluding hydrogens is 548 g/mol. The second kappa shape index (κ2) is 39.1. The minimum absolute atomic E-state index is 0.0996. The van der Waals surface area contributed by atoms with E-state index in [1.807, 2.05) is 0 Å². The zero-order chi connectivity index (χ0) is 29.6. The monoisotopic (exact) mass is 602 g/mol. The molecule has 14 nitrogen and oxygen atoms in total. The molecule has 246 valence electrons. The number of carbonyl (C=O) groups excluding carboxylic acids is 1. The van der Waals surface area contributed by atoms with E-state index in [0.717, 1.165) is 0 Å². The summed E-state index contributed by atoms with van der Waals surface area (Å²) in [4.78, 5) is 10.1. The van der Waals surface area contributed by atoms with Gasteiger partial charge in [-0.3, -0.25) is 0 Å². The van der Waals surface area contributed by atoms with Crippen molar-refractivity contribution in [2.45, 2.75) is 0 Å². The molecule has 0 heterocycles. The molecule has 0 radical (unpaired) electrons. The summed E-state index contributed by atoms with van der Waals surface area (Å²) in [6.07, 6.45) is 0.711. The topological polar surface area (TPSA) is 137 Å². The van der Waals surface area contributed by atoms with Crippen LogP contribution in [0.25, 0.3) is 0 Å². The maximum Gasteiger partial charge on any atom is 0.145 e. The largest absolute Gasteiger partial charge is 0.382 e. The van der Waals surface area contributed by atoms with Crippen molar-refractivity contribution in [2.75, 3.05) is 172 Å². The van der Waals surface area contributed by atoms with Crippen LogP contribution >= 0.6 is 0 Å². The second-order valence-corrected chi connectivity index (χ2v) is 7.97. The van der Waals surface area contributed by atoms with Gasteiger partial charge in [-0.25, -0.2) is 0 Å². The summed E-state index contributed by atoms with van der Waals surface area (Å²) in [5.74, 6) is 0. The van der Waals surface area contributed by atoms with Gasteiger partial charge in [0, 0.05) is 7.11 Å². The van der Waals surface area contributed by atoms with Crippen LogP contribution in [-0.4, -0.2) is 179 Å². The third-order valence-corrected chi connectivity index (χ3v) is 4.71. The molecule has 0 saturated heterocycles. The van der Waals surface area contributed by atoms with Crippen LogP contribution in [-0.2, 0) is 66.4 Å². The Morgan fingerprint density at radius 2 is 0.463 bits per heavy atom. The standard InChI is InChI=1S/C27H54O14/c1-29-4-5-31-8-9-33-12-13-35-16-17-37-20-21-39-24-25-41-27-26-40-23-22-38-19-18-36-15-14-34-11-10-32-7-6-30-3-2-28/h2H,3-27H2,1H3. The molecule has 0 aromatic heterocycles. The van der Waals surface area contributed by atoms with Crippen LogP contribution in [0, 0.1) is 0 Å². The minimum Gasteiger partial charge on any atom is -0.382 e. The van der Waals surface area contributed by atoms with E-state index in [-0.39, 0.29) is 6.61 Å². The molecule has 0 spiro atoms. The Kier molecular flexibility index (Phi) is 38.3. The molecule has 0 amide bonds. The lowest BCUT2D eigenvalue weighted by molar-refractivity contribution is -0.112. The predicted molar refractivity (Wildman–Crippen MR) is 148 cm³/mol. The van der Waals surface area contributed by atoms with E-state index in [2.05, 4.69) is 0 Å². The van der Waals surface area contributed by atoms with Crippen molar-refractivity contribution < 1.29 is 66.4 Å². The van der Waals surface area contributed by atoms with Crippen molar-refractivity contribution in [1.29, 1.82) is 0 Å². The summed E-state index contributed by atoms with van der Waals surface area (Å²) in [5.41, 5.74) is 0. The lowest BCUT2D eigenvalue weighted by Crippen LogP contribution is -2.15. The van der Waals surface area contributed by atoms with Crippen LogP contribution in [0.4, 0.5) is 0 Å². The van der Waals surface area contributed by atoms with E-state index in [4.69, 9.17) is 61.6 Å². The average molecular weight is 603 g/mol. The highest BCUT2D eigenvalue weighted by molar-refractivity contribution is 5.50. The van der Waals surface area contributed by atoms with E-state index in [1.54, 1.807) is 7.11 Å². The summed E-state index contributed by atoms with van der Waals surface area (Å²) in [6, 6.07) is 0. The molecule has 0 N–H and O–H groups in total. The van der Waals surface area contributed by atoms with Gasteiger partial charge in [0.2, 0.25) is 0 Å². The van der Waals surface area contributed by atoms with Gasteiger partial charge in [0.25, 0.3) is 0 Å². The third kappa shape index (κ3) is 39.1. The molecule has 0 aliphatic rings. The van der Waals surface area contributed by atoms with Gasteiger partial charge in [-0.2, -0.15) is 0 Å². The van der Waals surface area contributed by atoms with E-state index in [0.29, 0.717) is 165 Å².